The number of halogens is 3. The first kappa shape index (κ1) is 21.8. The minimum Gasteiger partial charge on any atom is -0.475 e. The zero-order valence-corrected chi connectivity index (χ0v) is 15.1. The van der Waals surface area contributed by atoms with E-state index in [-0.39, 0.29) is 5.91 Å². The first-order valence-corrected chi connectivity index (χ1v) is 8.40. The van der Waals surface area contributed by atoms with Crippen molar-refractivity contribution in [3.8, 4) is 0 Å². The van der Waals surface area contributed by atoms with Crippen molar-refractivity contribution in [3.63, 3.8) is 0 Å². The fourth-order valence-corrected chi connectivity index (χ4v) is 2.58. The van der Waals surface area contributed by atoms with Crippen molar-refractivity contribution in [3.05, 3.63) is 11.8 Å². The standard InChI is InChI=1S/C14H24N4O.C2HF3O2/c1-4-7-18-14(11(2)10-15-18)16-13-5-8-17(9-6-13)12(3)19;3-2(4,5)1(6)7/h10,13,16H,4-9H2,1-3H3;(H,6,7). The average Bonchev–Trinajstić information content (AvgIpc) is 2.89. The number of nitrogens with one attached hydrogen (secondary N) is 1. The lowest BCUT2D eigenvalue weighted by Crippen LogP contribution is -2.41. The van der Waals surface area contributed by atoms with Crippen LogP contribution in [0.25, 0.3) is 0 Å². The molecule has 1 aromatic heterocycles. The number of alkyl halides is 3. The van der Waals surface area contributed by atoms with Gasteiger partial charge in [0.05, 0.1) is 6.20 Å². The number of piperidine rings is 1. The Morgan fingerprint density at radius 3 is 2.31 bits per heavy atom. The molecule has 0 aliphatic carbocycles. The van der Waals surface area contributed by atoms with Crippen molar-refractivity contribution < 1.29 is 27.9 Å². The Balaban J connectivity index is 0.000000412. The topological polar surface area (TPSA) is 87.5 Å². The second-order valence-electron chi connectivity index (χ2n) is 6.13. The number of aliphatic carboxylic acids is 1. The lowest BCUT2D eigenvalue weighted by molar-refractivity contribution is -0.192. The minimum atomic E-state index is -5.08. The Morgan fingerprint density at radius 2 is 1.88 bits per heavy atom. The van der Waals surface area contributed by atoms with Crippen LogP contribution in [0.2, 0.25) is 0 Å². The molecule has 1 amide bonds. The van der Waals surface area contributed by atoms with Crippen LogP contribution in [-0.2, 0) is 16.1 Å². The van der Waals surface area contributed by atoms with Crippen molar-refractivity contribution in [1.29, 1.82) is 0 Å². The predicted molar refractivity (Wildman–Crippen MR) is 89.8 cm³/mol. The van der Waals surface area contributed by atoms with E-state index in [0.717, 1.165) is 44.7 Å². The summed E-state index contributed by atoms with van der Waals surface area (Å²) in [6.07, 6.45) is -0.0616. The van der Waals surface area contributed by atoms with Crippen molar-refractivity contribution in [1.82, 2.24) is 14.7 Å². The van der Waals surface area contributed by atoms with Crippen LogP contribution in [0.3, 0.4) is 0 Å². The van der Waals surface area contributed by atoms with Crippen molar-refractivity contribution in [2.45, 2.75) is 58.8 Å². The number of carbonyl (C=O) groups is 2. The Labute approximate surface area is 150 Å². The summed E-state index contributed by atoms with van der Waals surface area (Å²) in [6.45, 7) is 8.55. The van der Waals surface area contributed by atoms with Gasteiger partial charge in [0.2, 0.25) is 5.91 Å². The van der Waals surface area contributed by atoms with Crippen LogP contribution in [0.5, 0.6) is 0 Å². The zero-order valence-electron chi connectivity index (χ0n) is 15.1. The normalized spacial score (nSPS) is 15.2. The second kappa shape index (κ2) is 9.44. The smallest absolute Gasteiger partial charge is 0.475 e. The molecule has 1 aromatic rings. The molecule has 0 saturated carbocycles. The number of amides is 1. The van der Waals surface area contributed by atoms with Crippen molar-refractivity contribution in [2.24, 2.45) is 0 Å². The highest BCUT2D eigenvalue weighted by molar-refractivity contribution is 5.73. The highest BCUT2D eigenvalue weighted by Gasteiger charge is 2.38. The van der Waals surface area contributed by atoms with E-state index in [1.165, 1.54) is 5.56 Å². The first-order chi connectivity index (χ1) is 12.1. The van der Waals surface area contributed by atoms with E-state index >= 15 is 0 Å². The van der Waals surface area contributed by atoms with E-state index in [4.69, 9.17) is 9.90 Å². The highest BCUT2D eigenvalue weighted by Crippen LogP contribution is 2.20. The Kier molecular flexibility index (Phi) is 7.91. The molecular weight excluding hydrogens is 353 g/mol. The minimum absolute atomic E-state index is 0.186. The molecule has 2 rings (SSSR count). The molecule has 0 radical (unpaired) electrons. The molecule has 1 fully saturated rings. The van der Waals surface area contributed by atoms with Crippen LogP contribution in [0.15, 0.2) is 6.20 Å². The number of anilines is 1. The van der Waals surface area contributed by atoms with Gasteiger partial charge in [-0.1, -0.05) is 6.92 Å². The zero-order chi connectivity index (χ0) is 19.9. The molecular formula is C16H25F3N4O3. The molecule has 1 aliphatic heterocycles. The maximum atomic E-state index is 11.3. The van der Waals surface area contributed by atoms with Crippen LogP contribution in [0, 0.1) is 6.92 Å². The molecule has 10 heteroatoms. The van der Waals surface area contributed by atoms with Crippen LogP contribution in [0.1, 0.15) is 38.7 Å². The maximum Gasteiger partial charge on any atom is 0.490 e. The van der Waals surface area contributed by atoms with Gasteiger partial charge in [-0.25, -0.2) is 9.48 Å². The number of carboxylic acid groups (broad SMARTS) is 1. The van der Waals surface area contributed by atoms with E-state index in [2.05, 4.69) is 24.3 Å². The van der Waals surface area contributed by atoms with Gasteiger partial charge in [-0.05, 0) is 26.2 Å². The molecule has 0 aromatic carbocycles. The summed E-state index contributed by atoms with van der Waals surface area (Å²) < 4.78 is 33.8. The summed E-state index contributed by atoms with van der Waals surface area (Å²) >= 11 is 0. The van der Waals surface area contributed by atoms with Gasteiger partial charge < -0.3 is 15.3 Å². The van der Waals surface area contributed by atoms with E-state index in [1.807, 2.05) is 15.8 Å². The quantitative estimate of drug-likeness (QED) is 0.841. The molecule has 26 heavy (non-hydrogen) atoms. The van der Waals surface area contributed by atoms with Gasteiger partial charge in [0.15, 0.2) is 0 Å². The fourth-order valence-electron chi connectivity index (χ4n) is 2.58. The largest absolute Gasteiger partial charge is 0.490 e. The molecule has 0 bridgehead atoms. The average molecular weight is 378 g/mol. The molecule has 2 N–H and O–H groups in total. The second-order valence-corrected chi connectivity index (χ2v) is 6.13. The highest BCUT2D eigenvalue weighted by atomic mass is 19.4. The van der Waals surface area contributed by atoms with Crippen LogP contribution in [-0.4, -0.2) is 57.0 Å². The third-order valence-electron chi connectivity index (χ3n) is 3.98. The molecule has 0 atom stereocenters. The van der Waals surface area contributed by atoms with Crippen LogP contribution >= 0.6 is 0 Å². The van der Waals surface area contributed by atoms with Gasteiger partial charge in [-0.3, -0.25) is 4.79 Å². The van der Waals surface area contributed by atoms with Gasteiger partial charge in [0, 0.05) is 38.2 Å². The number of rotatable bonds is 4. The number of likely N-dealkylation sites (tertiary alicyclic amines) is 1. The summed E-state index contributed by atoms with van der Waals surface area (Å²) in [5.74, 6) is -1.43. The summed E-state index contributed by atoms with van der Waals surface area (Å²) in [5, 5.41) is 15.1. The monoisotopic (exact) mass is 378 g/mol. The molecule has 1 saturated heterocycles. The molecule has 148 valence electrons. The van der Waals surface area contributed by atoms with E-state index in [1.54, 1.807) is 6.92 Å². The molecule has 0 spiro atoms. The summed E-state index contributed by atoms with van der Waals surface area (Å²) in [6, 6.07) is 0.446. The van der Waals surface area contributed by atoms with Gasteiger partial charge in [0.1, 0.15) is 5.82 Å². The Morgan fingerprint density at radius 1 is 1.35 bits per heavy atom. The van der Waals surface area contributed by atoms with E-state index in [9.17, 15) is 18.0 Å². The fraction of sp³-hybridized carbons (Fsp3) is 0.688. The molecule has 7 nitrogen and oxygen atoms in total. The predicted octanol–water partition coefficient (Wildman–Crippen LogP) is 2.66. The van der Waals surface area contributed by atoms with Crippen molar-refractivity contribution >= 4 is 17.7 Å². The Bertz CT molecular complexity index is 608. The number of carboxylic acids is 1. The van der Waals surface area contributed by atoms with Crippen LogP contribution in [0.4, 0.5) is 19.0 Å². The molecule has 1 aliphatic rings. The molecule has 0 unspecified atom stereocenters. The maximum absolute atomic E-state index is 11.3. The Hall–Kier alpha value is -2.26. The third kappa shape index (κ3) is 6.57. The number of hydrogen-bond acceptors (Lipinski definition) is 4. The van der Waals surface area contributed by atoms with Gasteiger partial charge in [0.25, 0.3) is 0 Å². The van der Waals surface area contributed by atoms with E-state index in [0.29, 0.717) is 6.04 Å². The lowest BCUT2D eigenvalue weighted by Gasteiger charge is -2.32. The SMILES string of the molecule is CCCn1ncc(C)c1NC1CCN(C(C)=O)CC1.O=C(O)C(F)(F)F. The van der Waals surface area contributed by atoms with Crippen LogP contribution < -0.4 is 5.32 Å². The lowest BCUT2D eigenvalue weighted by atomic mass is 10.0. The number of nitrogens with zero attached hydrogens (tertiary/aromatic N) is 3. The third-order valence-corrected chi connectivity index (χ3v) is 3.98. The number of aromatic nitrogens is 2. The first-order valence-electron chi connectivity index (χ1n) is 8.40. The summed E-state index contributed by atoms with van der Waals surface area (Å²) in [4.78, 5) is 22.1. The summed E-state index contributed by atoms with van der Waals surface area (Å²) in [5.41, 5.74) is 1.20. The van der Waals surface area contributed by atoms with Gasteiger partial charge >= 0.3 is 12.1 Å². The van der Waals surface area contributed by atoms with E-state index < -0.39 is 12.1 Å². The number of carbonyl (C=O) groups excluding carboxylic acids is 1. The summed E-state index contributed by atoms with van der Waals surface area (Å²) in [7, 11) is 0. The molecule has 2 heterocycles. The van der Waals surface area contributed by atoms with Gasteiger partial charge in [-0.15, -0.1) is 0 Å². The van der Waals surface area contributed by atoms with Crippen molar-refractivity contribution in [2.75, 3.05) is 18.4 Å². The number of hydrogen-bond donors (Lipinski definition) is 2. The number of aryl methyl sites for hydroxylation is 2. The van der Waals surface area contributed by atoms with Gasteiger partial charge in [-0.2, -0.15) is 18.3 Å².